The van der Waals surface area contributed by atoms with Gasteiger partial charge in [0.1, 0.15) is 0 Å². The molecule has 1 aromatic carbocycles. The van der Waals surface area contributed by atoms with Crippen LogP contribution in [0.5, 0.6) is 0 Å². The van der Waals surface area contributed by atoms with Gasteiger partial charge >= 0.3 is 0 Å². The third kappa shape index (κ3) is 5.07. The van der Waals surface area contributed by atoms with Gasteiger partial charge in [-0.3, -0.25) is 4.90 Å². The van der Waals surface area contributed by atoms with Crippen LogP contribution in [0.4, 0.5) is 0 Å². The lowest BCUT2D eigenvalue weighted by Gasteiger charge is -2.34. The lowest BCUT2D eigenvalue weighted by molar-refractivity contribution is 0.175. The molecule has 0 amide bonds. The summed E-state index contributed by atoms with van der Waals surface area (Å²) in [6, 6.07) is 8.19. The Labute approximate surface area is 145 Å². The highest BCUT2D eigenvalue weighted by Gasteiger charge is 2.23. The van der Waals surface area contributed by atoms with E-state index in [1.54, 1.807) is 0 Å². The van der Waals surface area contributed by atoms with Crippen molar-refractivity contribution < 1.29 is 0 Å². The number of nitriles is 1. The van der Waals surface area contributed by atoms with Crippen molar-refractivity contribution >= 4 is 52.3 Å². The summed E-state index contributed by atoms with van der Waals surface area (Å²) in [6.45, 7) is 3.84. The van der Waals surface area contributed by atoms with Crippen molar-refractivity contribution in [3.8, 4) is 6.07 Å². The fraction of sp³-hybridized carbons (Fsp3) is 0.462. The van der Waals surface area contributed by atoms with Crippen LogP contribution in [0.1, 0.15) is 18.0 Å². The van der Waals surface area contributed by atoms with Crippen molar-refractivity contribution in [2.45, 2.75) is 12.5 Å². The predicted molar refractivity (Wildman–Crippen MR) is 91.1 cm³/mol. The fourth-order valence-electron chi connectivity index (χ4n) is 2.29. The molecule has 7 heteroatoms. The van der Waals surface area contributed by atoms with E-state index in [0.717, 1.165) is 41.2 Å². The molecule has 0 unspecified atom stereocenters. The van der Waals surface area contributed by atoms with Crippen LogP contribution in [0.2, 0.25) is 5.02 Å². The van der Waals surface area contributed by atoms with E-state index in [2.05, 4.69) is 32.2 Å². The molecule has 0 spiro atoms. The molecule has 0 bridgehead atoms. The summed E-state index contributed by atoms with van der Waals surface area (Å²) in [5.41, 5.74) is 1.04. The topological polar surface area (TPSA) is 39.1 Å². The molecule has 1 fully saturated rings. The van der Waals surface area contributed by atoms with Crippen molar-refractivity contribution in [3.63, 3.8) is 0 Å². The number of benzene rings is 1. The van der Waals surface area contributed by atoms with Crippen molar-refractivity contribution in [1.29, 1.82) is 5.26 Å². The summed E-state index contributed by atoms with van der Waals surface area (Å²) in [7, 11) is 0. The molecule has 1 heterocycles. The first-order valence-electron chi connectivity index (χ1n) is 5.99. The number of rotatable bonds is 3. The third-order valence-electron chi connectivity index (χ3n) is 3.19. The average Bonchev–Trinajstić information content (AvgIpc) is 2.40. The largest absolute Gasteiger partial charge is 0.314 e. The van der Waals surface area contributed by atoms with Gasteiger partial charge in [-0.15, -0.1) is 24.8 Å². The van der Waals surface area contributed by atoms with E-state index in [0.29, 0.717) is 6.42 Å². The average molecular weight is 402 g/mol. The summed E-state index contributed by atoms with van der Waals surface area (Å²) in [4.78, 5) is 2.33. The molecule has 20 heavy (non-hydrogen) atoms. The van der Waals surface area contributed by atoms with E-state index in [-0.39, 0.29) is 30.9 Å². The van der Waals surface area contributed by atoms with Crippen LogP contribution >= 0.6 is 52.3 Å². The third-order valence-corrected chi connectivity index (χ3v) is 4.03. The quantitative estimate of drug-likeness (QED) is 0.837. The second kappa shape index (κ2) is 9.83. The minimum absolute atomic E-state index is 0. The van der Waals surface area contributed by atoms with Crippen molar-refractivity contribution in [1.82, 2.24) is 10.2 Å². The molecule has 3 nitrogen and oxygen atoms in total. The van der Waals surface area contributed by atoms with E-state index in [1.807, 2.05) is 18.2 Å². The molecule has 0 saturated carbocycles. The molecule has 0 aliphatic carbocycles. The Kier molecular flexibility index (Phi) is 9.82. The van der Waals surface area contributed by atoms with Crippen LogP contribution in [0.3, 0.4) is 0 Å². The maximum atomic E-state index is 9.04. The number of nitrogens with zero attached hydrogens (tertiary/aromatic N) is 2. The number of nitrogens with one attached hydrogen (secondary N) is 1. The van der Waals surface area contributed by atoms with Gasteiger partial charge in [0, 0.05) is 41.7 Å². The number of piperazine rings is 1. The Balaban J connectivity index is 0.00000180. The summed E-state index contributed by atoms with van der Waals surface area (Å²) in [5, 5.41) is 13.1. The number of halogens is 4. The highest BCUT2D eigenvalue weighted by Crippen LogP contribution is 2.32. The van der Waals surface area contributed by atoms with Crippen LogP contribution < -0.4 is 5.32 Å². The second-order valence-corrected chi connectivity index (χ2v) is 5.65. The smallest absolute Gasteiger partial charge is 0.0641 e. The Morgan fingerprint density at radius 2 is 2.00 bits per heavy atom. The van der Waals surface area contributed by atoms with E-state index in [9.17, 15) is 0 Å². The van der Waals surface area contributed by atoms with Gasteiger partial charge in [-0.2, -0.15) is 5.26 Å². The zero-order chi connectivity index (χ0) is 13.0. The Bertz CT molecular complexity index is 459. The van der Waals surface area contributed by atoms with E-state index < -0.39 is 0 Å². The standard InChI is InChI=1S/C13H15BrClN3.2ClH/c14-10-1-2-12(15)11(9-10)13(3-4-16)18-7-5-17-6-8-18;;/h1-2,9,13,17H,3,5-8H2;2*1H/t13-;;/m0../s1. The molecule has 1 aliphatic heterocycles. The molecule has 1 atom stereocenters. The van der Waals surface area contributed by atoms with Gasteiger partial charge in [0.15, 0.2) is 0 Å². The van der Waals surface area contributed by atoms with Gasteiger partial charge < -0.3 is 5.32 Å². The Morgan fingerprint density at radius 1 is 1.35 bits per heavy atom. The maximum absolute atomic E-state index is 9.04. The van der Waals surface area contributed by atoms with Crippen LogP contribution in [0.25, 0.3) is 0 Å². The van der Waals surface area contributed by atoms with Gasteiger partial charge in [-0.25, -0.2) is 0 Å². The lowest BCUT2D eigenvalue weighted by atomic mass is 10.0. The van der Waals surface area contributed by atoms with Gasteiger partial charge in [0.05, 0.1) is 12.5 Å². The number of hydrogen-bond acceptors (Lipinski definition) is 3. The maximum Gasteiger partial charge on any atom is 0.0641 e. The van der Waals surface area contributed by atoms with E-state index in [1.165, 1.54) is 0 Å². The van der Waals surface area contributed by atoms with Gasteiger partial charge in [0.2, 0.25) is 0 Å². The predicted octanol–water partition coefficient (Wildman–Crippen LogP) is 3.81. The van der Waals surface area contributed by atoms with Gasteiger partial charge in [-0.1, -0.05) is 27.5 Å². The van der Waals surface area contributed by atoms with Crippen LogP contribution in [-0.2, 0) is 0 Å². The van der Waals surface area contributed by atoms with Crippen LogP contribution in [0, 0.1) is 11.3 Å². The summed E-state index contributed by atoms with van der Waals surface area (Å²) in [5.74, 6) is 0. The van der Waals surface area contributed by atoms with E-state index in [4.69, 9.17) is 16.9 Å². The lowest BCUT2D eigenvalue weighted by Crippen LogP contribution is -2.45. The van der Waals surface area contributed by atoms with Crippen molar-refractivity contribution in [2.75, 3.05) is 26.2 Å². The molecule has 112 valence electrons. The molecule has 1 aromatic rings. The van der Waals surface area contributed by atoms with Crippen LogP contribution in [-0.4, -0.2) is 31.1 Å². The second-order valence-electron chi connectivity index (χ2n) is 4.33. The first-order chi connectivity index (χ1) is 8.72. The Hall–Kier alpha value is -0.0200. The van der Waals surface area contributed by atoms with Crippen LogP contribution in [0.15, 0.2) is 22.7 Å². The van der Waals surface area contributed by atoms with Gasteiger partial charge in [0.25, 0.3) is 0 Å². The normalized spacial score (nSPS) is 16.4. The fourth-order valence-corrected chi connectivity index (χ4v) is 2.91. The van der Waals surface area contributed by atoms with Gasteiger partial charge in [-0.05, 0) is 23.8 Å². The molecular weight excluding hydrogens is 384 g/mol. The molecular formula is C13H17BrCl3N3. The van der Waals surface area contributed by atoms with Crippen molar-refractivity contribution in [3.05, 3.63) is 33.3 Å². The zero-order valence-electron chi connectivity index (χ0n) is 10.8. The SMILES string of the molecule is Cl.Cl.N#CC[C@@H](c1cc(Br)ccc1Cl)N1CCNCC1. The van der Waals surface area contributed by atoms with Crippen molar-refractivity contribution in [2.24, 2.45) is 0 Å². The summed E-state index contributed by atoms with van der Waals surface area (Å²) in [6.07, 6.45) is 0.468. The summed E-state index contributed by atoms with van der Waals surface area (Å²) >= 11 is 9.74. The monoisotopic (exact) mass is 399 g/mol. The number of hydrogen-bond donors (Lipinski definition) is 1. The molecule has 1 N–H and O–H groups in total. The molecule has 0 radical (unpaired) electrons. The van der Waals surface area contributed by atoms with E-state index >= 15 is 0 Å². The molecule has 1 aliphatic rings. The first kappa shape index (κ1) is 20.0. The minimum atomic E-state index is 0. The minimum Gasteiger partial charge on any atom is -0.314 e. The molecule has 1 saturated heterocycles. The molecule has 0 aromatic heterocycles. The zero-order valence-corrected chi connectivity index (χ0v) is 14.8. The Morgan fingerprint density at radius 3 is 2.60 bits per heavy atom. The highest BCUT2D eigenvalue weighted by atomic mass is 79.9. The highest BCUT2D eigenvalue weighted by molar-refractivity contribution is 9.10. The first-order valence-corrected chi connectivity index (χ1v) is 7.16. The molecule has 2 rings (SSSR count). The summed E-state index contributed by atoms with van der Waals surface area (Å²) < 4.78 is 1.000.